The molecule has 1 aliphatic rings. The van der Waals surface area contributed by atoms with Crippen LogP contribution >= 0.6 is 11.3 Å². The molecule has 2 heterocycles. The molecule has 6 nitrogen and oxygen atoms in total. The average Bonchev–Trinajstić information content (AvgIpc) is 2.96. The molecule has 1 aliphatic heterocycles. The van der Waals surface area contributed by atoms with Gasteiger partial charge >= 0.3 is 5.97 Å². The van der Waals surface area contributed by atoms with Crippen LogP contribution in [0.15, 0.2) is 16.3 Å². The number of carbonyl (C=O) groups excluding carboxylic acids is 1. The molecule has 0 bridgehead atoms. The van der Waals surface area contributed by atoms with Gasteiger partial charge in [-0.05, 0) is 37.1 Å². The minimum atomic E-state index is -3.65. The Kier molecular flexibility index (Phi) is 5.03. The fourth-order valence-electron chi connectivity index (χ4n) is 2.52. The van der Waals surface area contributed by atoms with Crippen LogP contribution in [0.5, 0.6) is 0 Å². The van der Waals surface area contributed by atoms with Crippen LogP contribution in [0.3, 0.4) is 0 Å². The maximum absolute atomic E-state index is 12.7. The summed E-state index contributed by atoms with van der Waals surface area (Å²) >= 11 is 1.08. The molecule has 0 saturated carbocycles. The van der Waals surface area contributed by atoms with Crippen molar-refractivity contribution in [1.82, 2.24) is 4.31 Å². The SMILES string of the molecule is COC(=O)c1sccc1S(=O)(=O)N1CCC(C(C)N)CC1. The highest BCUT2D eigenvalue weighted by atomic mass is 32.2. The molecule has 118 valence electrons. The quantitative estimate of drug-likeness (QED) is 0.839. The number of esters is 1. The third-order valence-electron chi connectivity index (χ3n) is 3.86. The van der Waals surface area contributed by atoms with E-state index in [1.807, 2.05) is 6.92 Å². The van der Waals surface area contributed by atoms with Gasteiger partial charge in [0.15, 0.2) is 0 Å². The van der Waals surface area contributed by atoms with E-state index in [1.54, 1.807) is 5.38 Å². The molecule has 1 aromatic rings. The lowest BCUT2D eigenvalue weighted by Crippen LogP contribution is -2.42. The summed E-state index contributed by atoms with van der Waals surface area (Å²) in [6.07, 6.45) is 1.49. The molecule has 8 heteroatoms. The first kappa shape index (κ1) is 16.4. The van der Waals surface area contributed by atoms with Gasteiger partial charge in [0, 0.05) is 19.1 Å². The Balaban J connectivity index is 2.20. The minimum absolute atomic E-state index is 0.0404. The van der Waals surface area contributed by atoms with E-state index in [9.17, 15) is 13.2 Å². The fourth-order valence-corrected chi connectivity index (χ4v) is 5.30. The van der Waals surface area contributed by atoms with Crippen molar-refractivity contribution < 1.29 is 17.9 Å². The van der Waals surface area contributed by atoms with E-state index in [4.69, 9.17) is 5.73 Å². The number of piperidine rings is 1. The van der Waals surface area contributed by atoms with E-state index in [-0.39, 0.29) is 15.8 Å². The molecule has 1 saturated heterocycles. The van der Waals surface area contributed by atoms with Gasteiger partial charge in [-0.1, -0.05) is 0 Å². The molecule has 0 spiro atoms. The number of rotatable bonds is 4. The van der Waals surface area contributed by atoms with Gasteiger partial charge < -0.3 is 10.5 Å². The first-order valence-corrected chi connectivity index (χ1v) is 9.11. The van der Waals surface area contributed by atoms with Gasteiger partial charge in [-0.15, -0.1) is 11.3 Å². The molecular formula is C13H20N2O4S2. The lowest BCUT2D eigenvalue weighted by molar-refractivity contribution is 0.0602. The number of nitrogens with zero attached hydrogens (tertiary/aromatic N) is 1. The van der Waals surface area contributed by atoms with Gasteiger partial charge in [-0.25, -0.2) is 13.2 Å². The van der Waals surface area contributed by atoms with Crippen molar-refractivity contribution in [2.75, 3.05) is 20.2 Å². The van der Waals surface area contributed by atoms with Gasteiger partial charge in [0.2, 0.25) is 10.0 Å². The summed E-state index contributed by atoms with van der Waals surface area (Å²) in [7, 11) is -2.41. The van der Waals surface area contributed by atoms with E-state index in [0.29, 0.717) is 19.0 Å². The number of sulfonamides is 1. The number of hydrogen-bond acceptors (Lipinski definition) is 6. The second-order valence-electron chi connectivity index (χ2n) is 5.21. The lowest BCUT2D eigenvalue weighted by atomic mass is 9.92. The van der Waals surface area contributed by atoms with Crippen LogP contribution in [0.4, 0.5) is 0 Å². The Morgan fingerprint density at radius 1 is 1.48 bits per heavy atom. The summed E-state index contributed by atoms with van der Waals surface area (Å²) in [5.41, 5.74) is 5.87. The zero-order chi connectivity index (χ0) is 15.6. The Morgan fingerprint density at radius 2 is 2.10 bits per heavy atom. The summed E-state index contributed by atoms with van der Waals surface area (Å²) in [5, 5.41) is 1.59. The molecule has 0 amide bonds. The van der Waals surface area contributed by atoms with Crippen molar-refractivity contribution >= 4 is 27.3 Å². The van der Waals surface area contributed by atoms with Gasteiger partial charge in [-0.2, -0.15) is 4.31 Å². The van der Waals surface area contributed by atoms with Gasteiger partial charge in [0.1, 0.15) is 9.77 Å². The van der Waals surface area contributed by atoms with Crippen LogP contribution in [-0.2, 0) is 14.8 Å². The summed E-state index contributed by atoms with van der Waals surface area (Å²) in [6, 6.07) is 1.53. The lowest BCUT2D eigenvalue weighted by Gasteiger charge is -2.32. The maximum atomic E-state index is 12.7. The monoisotopic (exact) mass is 332 g/mol. The number of carbonyl (C=O) groups is 1. The zero-order valence-corrected chi connectivity index (χ0v) is 13.7. The van der Waals surface area contributed by atoms with Crippen LogP contribution in [0, 0.1) is 5.92 Å². The first-order valence-electron chi connectivity index (χ1n) is 6.79. The Hall–Kier alpha value is -0.960. The highest BCUT2D eigenvalue weighted by Crippen LogP contribution is 2.29. The van der Waals surface area contributed by atoms with Crippen molar-refractivity contribution in [2.45, 2.75) is 30.7 Å². The van der Waals surface area contributed by atoms with E-state index in [1.165, 1.54) is 17.5 Å². The third-order valence-corrected chi connectivity index (χ3v) is 6.82. The topological polar surface area (TPSA) is 89.7 Å². The fraction of sp³-hybridized carbons (Fsp3) is 0.615. The number of thiophene rings is 1. The van der Waals surface area contributed by atoms with Crippen molar-refractivity contribution in [1.29, 1.82) is 0 Å². The van der Waals surface area contributed by atoms with Crippen LogP contribution in [-0.4, -0.2) is 44.9 Å². The predicted octanol–water partition coefficient (Wildman–Crippen LogP) is 1.28. The zero-order valence-electron chi connectivity index (χ0n) is 12.1. The molecular weight excluding hydrogens is 312 g/mol. The van der Waals surface area contributed by atoms with Gasteiger partial charge in [0.25, 0.3) is 0 Å². The number of methoxy groups -OCH3 is 1. The van der Waals surface area contributed by atoms with Crippen molar-refractivity contribution in [3.8, 4) is 0 Å². The molecule has 1 atom stereocenters. The Labute approximate surface area is 128 Å². The molecule has 2 N–H and O–H groups in total. The number of hydrogen-bond donors (Lipinski definition) is 1. The predicted molar refractivity (Wildman–Crippen MR) is 80.8 cm³/mol. The average molecular weight is 332 g/mol. The standard InChI is InChI=1S/C13H20N2O4S2/c1-9(14)10-3-6-15(7-4-10)21(17,18)11-5-8-20-12(11)13(16)19-2/h5,8-10H,3-4,6-7,14H2,1-2H3. The van der Waals surface area contributed by atoms with Crippen LogP contribution in [0.1, 0.15) is 29.4 Å². The van der Waals surface area contributed by atoms with E-state index >= 15 is 0 Å². The molecule has 1 unspecified atom stereocenters. The van der Waals surface area contributed by atoms with Gasteiger partial charge in [0.05, 0.1) is 7.11 Å². The first-order chi connectivity index (χ1) is 9.87. The van der Waals surface area contributed by atoms with Crippen molar-refractivity contribution in [3.63, 3.8) is 0 Å². The second kappa shape index (κ2) is 6.43. The Morgan fingerprint density at radius 3 is 2.62 bits per heavy atom. The normalized spacial score (nSPS) is 19.4. The molecule has 0 aromatic carbocycles. The molecule has 0 radical (unpaired) electrons. The van der Waals surface area contributed by atoms with Crippen LogP contribution in [0.2, 0.25) is 0 Å². The van der Waals surface area contributed by atoms with Crippen LogP contribution in [0.25, 0.3) is 0 Å². The van der Waals surface area contributed by atoms with E-state index < -0.39 is 16.0 Å². The number of nitrogens with two attached hydrogens (primary N) is 1. The largest absolute Gasteiger partial charge is 0.465 e. The third kappa shape index (κ3) is 3.28. The summed E-state index contributed by atoms with van der Waals surface area (Å²) in [4.78, 5) is 11.8. The van der Waals surface area contributed by atoms with Gasteiger partial charge in [-0.3, -0.25) is 0 Å². The summed E-state index contributed by atoms with van der Waals surface area (Å²) in [5.74, 6) is -0.270. The molecule has 21 heavy (non-hydrogen) atoms. The van der Waals surface area contributed by atoms with Crippen molar-refractivity contribution in [2.24, 2.45) is 11.7 Å². The molecule has 0 aliphatic carbocycles. The summed E-state index contributed by atoms with van der Waals surface area (Å²) < 4.78 is 31.4. The minimum Gasteiger partial charge on any atom is -0.465 e. The smallest absolute Gasteiger partial charge is 0.349 e. The molecule has 1 aromatic heterocycles. The van der Waals surface area contributed by atoms with E-state index in [0.717, 1.165) is 24.2 Å². The second-order valence-corrected chi connectivity index (χ2v) is 8.03. The summed E-state index contributed by atoms with van der Waals surface area (Å²) in [6.45, 7) is 2.82. The van der Waals surface area contributed by atoms with E-state index in [2.05, 4.69) is 4.74 Å². The van der Waals surface area contributed by atoms with Crippen molar-refractivity contribution in [3.05, 3.63) is 16.3 Å². The Bertz CT molecular complexity index is 601. The highest BCUT2D eigenvalue weighted by molar-refractivity contribution is 7.89. The maximum Gasteiger partial charge on any atom is 0.349 e. The number of ether oxygens (including phenoxy) is 1. The molecule has 2 rings (SSSR count). The van der Waals surface area contributed by atoms with Crippen LogP contribution < -0.4 is 5.73 Å². The highest BCUT2D eigenvalue weighted by Gasteiger charge is 2.33. The molecule has 1 fully saturated rings.